The number of hydrogen-bond donors (Lipinski definition) is 5. The Morgan fingerprint density at radius 3 is 2.83 bits per heavy atom. The number of aromatic amines is 1. The number of urea groups is 1. The van der Waals surface area contributed by atoms with Crippen molar-refractivity contribution < 1.29 is 18.3 Å². The number of nitrogens with one attached hydrogen (secondary N) is 5. The highest BCUT2D eigenvalue weighted by molar-refractivity contribution is 5.90. The van der Waals surface area contributed by atoms with Crippen LogP contribution in [-0.4, -0.2) is 28.6 Å². The second-order valence-corrected chi connectivity index (χ2v) is 6.31. The van der Waals surface area contributed by atoms with E-state index in [1.54, 1.807) is 6.20 Å². The molecule has 1 aliphatic rings. The second kappa shape index (κ2) is 8.06. The molecule has 11 heteroatoms. The fraction of sp³-hybridized carbons (Fsp3) is 0.105. The van der Waals surface area contributed by atoms with Gasteiger partial charge < -0.3 is 25.8 Å². The largest absolute Gasteiger partial charge is 0.450 e. The Hall–Kier alpha value is -4.17. The summed E-state index contributed by atoms with van der Waals surface area (Å²) in [6, 6.07) is 4.53. The van der Waals surface area contributed by atoms with Crippen molar-refractivity contribution in [2.75, 3.05) is 11.9 Å². The van der Waals surface area contributed by atoms with Gasteiger partial charge in [-0.2, -0.15) is 5.26 Å². The van der Waals surface area contributed by atoms with Gasteiger partial charge in [-0.15, -0.1) is 0 Å². The highest BCUT2D eigenvalue weighted by atomic mass is 19.1. The number of carbonyl (C=O) groups excluding carboxylic acids is 1. The Labute approximate surface area is 168 Å². The van der Waals surface area contributed by atoms with E-state index in [2.05, 4.69) is 31.5 Å². The van der Waals surface area contributed by atoms with Gasteiger partial charge in [0.05, 0.1) is 17.0 Å². The maximum atomic E-state index is 14.5. The molecule has 1 unspecified atom stereocenters. The van der Waals surface area contributed by atoms with Crippen molar-refractivity contribution in [1.82, 2.24) is 26.1 Å². The van der Waals surface area contributed by atoms with Crippen LogP contribution in [0.15, 0.2) is 42.9 Å². The quantitative estimate of drug-likeness (QED) is 0.439. The van der Waals surface area contributed by atoms with Crippen LogP contribution in [0.25, 0.3) is 11.0 Å². The van der Waals surface area contributed by atoms with Gasteiger partial charge in [0.2, 0.25) is 0 Å². The molecule has 4 rings (SSSR count). The number of fused-ring (bicyclic) bond motifs is 1. The Bertz CT molecular complexity index is 1160. The molecule has 1 aromatic carbocycles. The molecule has 9 nitrogen and oxygen atoms in total. The summed E-state index contributed by atoms with van der Waals surface area (Å²) in [7, 11) is 0. The van der Waals surface area contributed by atoms with Crippen LogP contribution in [0, 0.1) is 23.0 Å². The van der Waals surface area contributed by atoms with Crippen LogP contribution < -0.4 is 26.2 Å². The second-order valence-electron chi connectivity index (χ2n) is 6.31. The molecule has 1 aliphatic heterocycles. The molecule has 0 aliphatic carbocycles. The summed E-state index contributed by atoms with van der Waals surface area (Å²) in [5.41, 5.74) is 6.14. The van der Waals surface area contributed by atoms with Crippen LogP contribution in [0.5, 0.6) is 11.5 Å². The van der Waals surface area contributed by atoms with Gasteiger partial charge in [-0.3, -0.25) is 0 Å². The van der Waals surface area contributed by atoms with Crippen LogP contribution in [0.1, 0.15) is 5.56 Å². The van der Waals surface area contributed by atoms with Crippen molar-refractivity contribution in [2.24, 2.45) is 0 Å². The minimum absolute atomic E-state index is 0.0692. The molecule has 0 fully saturated rings. The van der Waals surface area contributed by atoms with Crippen molar-refractivity contribution >= 4 is 22.8 Å². The molecule has 3 heterocycles. The molecule has 2 amide bonds. The normalized spacial score (nSPS) is 14.9. The third-order valence-electron chi connectivity index (χ3n) is 4.29. The average Bonchev–Trinajstić information content (AvgIpc) is 3.39. The summed E-state index contributed by atoms with van der Waals surface area (Å²) in [5.74, 6) is -2.63. The Kier molecular flexibility index (Phi) is 5.15. The number of nitriles is 1. The Morgan fingerprint density at radius 2 is 2.13 bits per heavy atom. The number of hydrazine groups is 1. The molecule has 0 spiro atoms. The number of amides is 2. The molecular formula is C19H15F2N7O2. The van der Waals surface area contributed by atoms with E-state index in [0.717, 1.165) is 12.1 Å². The van der Waals surface area contributed by atoms with Crippen LogP contribution in [0.4, 0.5) is 19.3 Å². The first kappa shape index (κ1) is 19.2. The van der Waals surface area contributed by atoms with Gasteiger partial charge in [0, 0.05) is 43.0 Å². The lowest BCUT2D eigenvalue weighted by atomic mass is 10.2. The summed E-state index contributed by atoms with van der Waals surface area (Å²) in [5, 5.41) is 14.5. The number of H-pyrrole nitrogens is 1. The first-order valence-electron chi connectivity index (χ1n) is 8.81. The number of hydrogen-bond acceptors (Lipinski definition) is 6. The smallest absolute Gasteiger partial charge is 0.319 e. The number of halogens is 2. The van der Waals surface area contributed by atoms with Gasteiger partial charge in [0.1, 0.15) is 17.5 Å². The molecule has 0 radical (unpaired) electrons. The van der Waals surface area contributed by atoms with Crippen LogP contribution in [0.3, 0.4) is 0 Å². The first-order valence-corrected chi connectivity index (χ1v) is 8.81. The zero-order valence-electron chi connectivity index (χ0n) is 15.3. The monoisotopic (exact) mass is 411 g/mol. The third kappa shape index (κ3) is 3.85. The number of carbonyl (C=O) groups is 1. The van der Waals surface area contributed by atoms with E-state index in [-0.39, 0.29) is 29.6 Å². The highest BCUT2D eigenvalue weighted by Crippen LogP contribution is 2.34. The van der Waals surface area contributed by atoms with E-state index in [9.17, 15) is 18.8 Å². The Balaban J connectivity index is 1.51. The summed E-state index contributed by atoms with van der Waals surface area (Å²) >= 11 is 0. The van der Waals surface area contributed by atoms with E-state index in [0.29, 0.717) is 11.0 Å². The van der Waals surface area contributed by atoms with Gasteiger partial charge in [-0.05, 0) is 12.1 Å². The van der Waals surface area contributed by atoms with Gasteiger partial charge in [0.15, 0.2) is 17.4 Å². The number of ether oxygens (including phenoxy) is 1. The van der Waals surface area contributed by atoms with Crippen molar-refractivity contribution in [3.63, 3.8) is 0 Å². The lowest BCUT2D eigenvalue weighted by molar-refractivity contribution is 0.251. The summed E-state index contributed by atoms with van der Waals surface area (Å²) in [4.78, 5) is 18.8. The van der Waals surface area contributed by atoms with Gasteiger partial charge >= 0.3 is 6.03 Å². The Morgan fingerprint density at radius 1 is 1.33 bits per heavy atom. The van der Waals surface area contributed by atoms with E-state index >= 15 is 0 Å². The number of anilines is 1. The number of nitrogens with zero attached hydrogens (tertiary/aromatic N) is 2. The minimum Gasteiger partial charge on any atom is -0.450 e. The molecule has 2 aromatic heterocycles. The maximum absolute atomic E-state index is 14.5. The molecule has 5 N–H and O–H groups in total. The molecule has 152 valence electrons. The van der Waals surface area contributed by atoms with E-state index < -0.39 is 23.4 Å². The fourth-order valence-electron chi connectivity index (χ4n) is 2.90. The number of pyridine rings is 1. The SMILES string of the molecule is N#Cc1c[nH]c2nccc(Oc3c(F)cc(NC(=O)NCC4C=CNN4)cc3F)c12. The fourth-order valence-corrected chi connectivity index (χ4v) is 2.90. The van der Waals surface area contributed by atoms with E-state index in [1.165, 1.54) is 18.5 Å². The molecule has 0 saturated carbocycles. The van der Waals surface area contributed by atoms with Crippen molar-refractivity contribution in [3.05, 3.63) is 60.1 Å². The van der Waals surface area contributed by atoms with Gasteiger partial charge in [-0.25, -0.2) is 24.0 Å². The van der Waals surface area contributed by atoms with Crippen LogP contribution >= 0.6 is 0 Å². The molecule has 30 heavy (non-hydrogen) atoms. The molecule has 1 atom stereocenters. The predicted octanol–water partition coefficient (Wildman–Crippen LogP) is 2.62. The molecular weight excluding hydrogens is 396 g/mol. The molecule has 0 bridgehead atoms. The van der Waals surface area contributed by atoms with Gasteiger partial charge in [-0.1, -0.05) is 0 Å². The summed E-state index contributed by atoms with van der Waals surface area (Å²) < 4.78 is 34.5. The number of aromatic nitrogens is 2. The first-order chi connectivity index (χ1) is 14.5. The zero-order valence-corrected chi connectivity index (χ0v) is 15.3. The molecule has 3 aromatic rings. The van der Waals surface area contributed by atoms with Crippen molar-refractivity contribution in [1.29, 1.82) is 5.26 Å². The topological polar surface area (TPSA) is 127 Å². The van der Waals surface area contributed by atoms with Crippen molar-refractivity contribution in [3.8, 4) is 17.6 Å². The highest BCUT2D eigenvalue weighted by Gasteiger charge is 2.18. The molecule has 0 saturated heterocycles. The number of rotatable bonds is 5. The van der Waals surface area contributed by atoms with E-state index in [1.807, 2.05) is 12.1 Å². The zero-order chi connectivity index (χ0) is 21.1. The van der Waals surface area contributed by atoms with E-state index in [4.69, 9.17) is 4.74 Å². The number of benzene rings is 1. The van der Waals surface area contributed by atoms with Crippen LogP contribution in [-0.2, 0) is 0 Å². The van der Waals surface area contributed by atoms with Gasteiger partial charge in [0.25, 0.3) is 0 Å². The lowest BCUT2D eigenvalue weighted by Crippen LogP contribution is -2.41. The average molecular weight is 411 g/mol. The summed E-state index contributed by atoms with van der Waals surface area (Å²) in [6.45, 7) is 0.275. The minimum atomic E-state index is -1.02. The lowest BCUT2D eigenvalue weighted by Gasteiger charge is -2.13. The third-order valence-corrected chi connectivity index (χ3v) is 4.29. The van der Waals surface area contributed by atoms with Crippen LogP contribution in [0.2, 0.25) is 0 Å². The standard InChI is InChI=1S/C19H15F2N7O2/c20-13-5-12(27-19(29)25-9-11-1-4-26-28-11)6-14(21)17(13)30-15-2-3-23-18-16(15)10(7-22)8-24-18/h1-6,8,11,26,28H,9H2,(H,23,24)(H2,25,27,29). The predicted molar refractivity (Wildman–Crippen MR) is 103 cm³/mol. The maximum Gasteiger partial charge on any atom is 0.319 e. The summed E-state index contributed by atoms with van der Waals surface area (Å²) in [6.07, 6.45) is 6.31. The van der Waals surface area contributed by atoms with Crippen molar-refractivity contribution in [2.45, 2.75) is 6.04 Å².